The second kappa shape index (κ2) is 9.17. The molecule has 3 rings (SSSR count). The lowest BCUT2D eigenvalue weighted by molar-refractivity contribution is 0.0738. The summed E-state index contributed by atoms with van der Waals surface area (Å²) >= 11 is 6.01. The molecule has 2 aromatic carbocycles. The summed E-state index contributed by atoms with van der Waals surface area (Å²) in [4.78, 5) is 34.3. The highest BCUT2D eigenvalue weighted by Crippen LogP contribution is 2.18. The summed E-state index contributed by atoms with van der Waals surface area (Å²) < 4.78 is 25.9. The molecule has 1 aromatic heterocycles. The van der Waals surface area contributed by atoms with Gasteiger partial charge in [-0.1, -0.05) is 24.6 Å². The number of fused-ring (bicyclic) bond motifs is 1. The van der Waals surface area contributed by atoms with Crippen molar-refractivity contribution >= 4 is 38.4 Å². The smallest absolute Gasteiger partial charge is 0.258 e. The van der Waals surface area contributed by atoms with Gasteiger partial charge in [0.15, 0.2) is 0 Å². The van der Waals surface area contributed by atoms with Crippen LogP contribution in [0.15, 0.2) is 52.2 Å². The summed E-state index contributed by atoms with van der Waals surface area (Å²) in [5.74, 6) is -0.0369. The van der Waals surface area contributed by atoms with Gasteiger partial charge in [-0.25, -0.2) is 17.7 Å². The van der Waals surface area contributed by atoms with Crippen LogP contribution < -0.4 is 5.56 Å². The van der Waals surface area contributed by atoms with Crippen LogP contribution in [0.5, 0.6) is 0 Å². The van der Waals surface area contributed by atoms with E-state index in [4.69, 9.17) is 11.6 Å². The number of aromatic amines is 1. The van der Waals surface area contributed by atoms with Crippen molar-refractivity contribution in [2.75, 3.05) is 20.6 Å². The van der Waals surface area contributed by atoms with Crippen molar-refractivity contribution < 1.29 is 13.2 Å². The number of hydrogen-bond acceptors (Lipinski definition) is 5. The Balaban J connectivity index is 1.95. The molecule has 0 aliphatic rings. The number of hydrogen-bond donors (Lipinski definition) is 1. The Bertz CT molecular complexity index is 1290. The number of nitrogens with one attached hydrogen (secondary N) is 1. The first kappa shape index (κ1) is 22.9. The fourth-order valence-electron chi connectivity index (χ4n) is 3.12. The maximum absolute atomic E-state index is 13.2. The minimum atomic E-state index is -3.67. The van der Waals surface area contributed by atoms with Crippen molar-refractivity contribution in [3.05, 3.63) is 69.2 Å². The highest BCUT2D eigenvalue weighted by molar-refractivity contribution is 7.89. The molecule has 31 heavy (non-hydrogen) atoms. The Labute approximate surface area is 185 Å². The third-order valence-corrected chi connectivity index (χ3v) is 6.74. The van der Waals surface area contributed by atoms with Crippen molar-refractivity contribution in [1.29, 1.82) is 0 Å². The van der Waals surface area contributed by atoms with E-state index in [1.54, 1.807) is 24.3 Å². The number of nitrogens with zero attached hydrogens (tertiary/aromatic N) is 3. The number of halogens is 1. The standard InChI is InChI=1S/C21H23ClN4O4S/c1-4-10-26(13-19-23-18-12-15(22)8-9-17(18)20(27)24-19)21(28)14-6-5-7-16(11-14)31(29,30)25(2)3/h5-9,11-12H,4,10,13H2,1-3H3,(H,23,24,27). The number of carbonyl (C=O) groups excluding carboxylic acids is 1. The van der Waals surface area contributed by atoms with Crippen LogP contribution in [0.25, 0.3) is 10.9 Å². The number of amides is 1. The van der Waals surface area contributed by atoms with Gasteiger partial charge < -0.3 is 9.88 Å². The molecular weight excluding hydrogens is 440 g/mol. The van der Waals surface area contributed by atoms with Crippen LogP contribution in [0.2, 0.25) is 5.02 Å². The van der Waals surface area contributed by atoms with Gasteiger partial charge in [-0.15, -0.1) is 0 Å². The van der Waals surface area contributed by atoms with E-state index >= 15 is 0 Å². The molecule has 8 nitrogen and oxygen atoms in total. The first-order valence-electron chi connectivity index (χ1n) is 9.64. The largest absolute Gasteiger partial charge is 0.331 e. The summed E-state index contributed by atoms with van der Waals surface area (Å²) in [6.07, 6.45) is 0.672. The van der Waals surface area contributed by atoms with E-state index in [2.05, 4.69) is 9.97 Å². The summed E-state index contributed by atoms with van der Waals surface area (Å²) in [6.45, 7) is 2.39. The van der Waals surface area contributed by atoms with Gasteiger partial charge in [-0.3, -0.25) is 9.59 Å². The van der Waals surface area contributed by atoms with Gasteiger partial charge in [0.05, 0.1) is 22.3 Å². The summed E-state index contributed by atoms with van der Waals surface area (Å²) in [6, 6.07) is 10.7. The molecule has 1 N–H and O–H groups in total. The van der Waals surface area contributed by atoms with E-state index in [9.17, 15) is 18.0 Å². The highest BCUT2D eigenvalue weighted by atomic mass is 35.5. The second-order valence-corrected chi connectivity index (χ2v) is 9.80. The highest BCUT2D eigenvalue weighted by Gasteiger charge is 2.22. The first-order valence-corrected chi connectivity index (χ1v) is 11.5. The number of benzene rings is 2. The second-order valence-electron chi connectivity index (χ2n) is 7.22. The van der Waals surface area contributed by atoms with E-state index < -0.39 is 10.0 Å². The lowest BCUT2D eigenvalue weighted by atomic mass is 10.2. The molecule has 1 amide bonds. The lowest BCUT2D eigenvalue weighted by Crippen LogP contribution is -2.33. The minimum absolute atomic E-state index is 0.0340. The quantitative estimate of drug-likeness (QED) is 0.581. The third kappa shape index (κ3) is 4.95. The molecule has 0 bridgehead atoms. The molecule has 10 heteroatoms. The van der Waals surface area contributed by atoms with Crippen LogP contribution in [0.3, 0.4) is 0 Å². The predicted octanol–water partition coefficient (Wildman–Crippen LogP) is 2.88. The van der Waals surface area contributed by atoms with Crippen molar-refractivity contribution in [3.63, 3.8) is 0 Å². The predicted molar refractivity (Wildman–Crippen MR) is 120 cm³/mol. The summed E-state index contributed by atoms with van der Waals surface area (Å²) in [5.41, 5.74) is 0.358. The van der Waals surface area contributed by atoms with E-state index in [1.165, 1.54) is 37.2 Å². The van der Waals surface area contributed by atoms with Gasteiger partial charge in [0.1, 0.15) is 5.82 Å². The first-order chi connectivity index (χ1) is 14.6. The fraction of sp³-hybridized carbons (Fsp3) is 0.286. The lowest BCUT2D eigenvalue weighted by Gasteiger charge is -2.22. The number of rotatable bonds is 7. The topological polar surface area (TPSA) is 103 Å². The fourth-order valence-corrected chi connectivity index (χ4v) is 4.24. The van der Waals surface area contributed by atoms with Gasteiger partial charge in [0, 0.05) is 31.2 Å². The summed E-state index contributed by atoms with van der Waals surface area (Å²) in [5, 5.41) is 0.861. The van der Waals surface area contributed by atoms with Crippen LogP contribution in [-0.4, -0.2) is 54.1 Å². The van der Waals surface area contributed by atoms with Gasteiger partial charge in [-0.2, -0.15) is 0 Å². The maximum Gasteiger partial charge on any atom is 0.258 e. The van der Waals surface area contributed by atoms with Gasteiger partial charge in [-0.05, 0) is 42.8 Å². The molecule has 0 fully saturated rings. The number of aromatic nitrogens is 2. The van der Waals surface area contributed by atoms with Crippen LogP contribution in [0.4, 0.5) is 0 Å². The zero-order chi connectivity index (χ0) is 22.8. The van der Waals surface area contributed by atoms with E-state index in [1.807, 2.05) is 6.92 Å². The molecule has 0 aliphatic carbocycles. The van der Waals surface area contributed by atoms with Crippen LogP contribution in [-0.2, 0) is 16.6 Å². The zero-order valence-corrected chi connectivity index (χ0v) is 19.0. The molecule has 0 radical (unpaired) electrons. The third-order valence-electron chi connectivity index (χ3n) is 4.70. The number of H-pyrrole nitrogens is 1. The van der Waals surface area contributed by atoms with Crippen molar-refractivity contribution in [2.45, 2.75) is 24.8 Å². The molecule has 0 spiro atoms. The number of sulfonamides is 1. The normalized spacial score (nSPS) is 11.8. The molecule has 0 saturated carbocycles. The molecular formula is C21H23ClN4O4S. The van der Waals surface area contributed by atoms with Crippen molar-refractivity contribution in [1.82, 2.24) is 19.2 Å². The summed E-state index contributed by atoms with van der Waals surface area (Å²) in [7, 11) is -0.810. The van der Waals surface area contributed by atoms with E-state index in [0.29, 0.717) is 34.7 Å². The Morgan fingerprint density at radius 3 is 2.58 bits per heavy atom. The maximum atomic E-state index is 13.2. The van der Waals surface area contributed by atoms with E-state index in [0.717, 1.165) is 4.31 Å². The molecule has 0 aliphatic heterocycles. The Kier molecular flexibility index (Phi) is 6.78. The Morgan fingerprint density at radius 2 is 1.90 bits per heavy atom. The average Bonchev–Trinajstić information content (AvgIpc) is 2.72. The van der Waals surface area contributed by atoms with Crippen LogP contribution in [0, 0.1) is 0 Å². The van der Waals surface area contributed by atoms with Gasteiger partial charge in [0.2, 0.25) is 10.0 Å². The van der Waals surface area contributed by atoms with Crippen molar-refractivity contribution in [3.8, 4) is 0 Å². The molecule has 1 heterocycles. The van der Waals surface area contributed by atoms with E-state index in [-0.39, 0.29) is 28.5 Å². The van der Waals surface area contributed by atoms with Crippen LogP contribution in [0.1, 0.15) is 29.5 Å². The van der Waals surface area contributed by atoms with Gasteiger partial charge >= 0.3 is 0 Å². The molecule has 3 aromatic rings. The Hall–Kier alpha value is -2.75. The molecule has 164 valence electrons. The van der Waals surface area contributed by atoms with Crippen molar-refractivity contribution in [2.24, 2.45) is 0 Å². The molecule has 0 atom stereocenters. The SMILES string of the molecule is CCCN(Cc1nc2cc(Cl)ccc2c(=O)[nH]1)C(=O)c1cccc(S(=O)(=O)N(C)C)c1. The monoisotopic (exact) mass is 462 g/mol. The zero-order valence-electron chi connectivity index (χ0n) is 17.4. The van der Waals surface area contributed by atoms with Gasteiger partial charge in [0.25, 0.3) is 11.5 Å². The molecule has 0 unspecified atom stereocenters. The Morgan fingerprint density at radius 1 is 1.16 bits per heavy atom. The van der Waals surface area contributed by atoms with Crippen LogP contribution >= 0.6 is 11.6 Å². The average molecular weight is 463 g/mol. The molecule has 0 saturated heterocycles. The number of carbonyl (C=O) groups is 1. The minimum Gasteiger partial charge on any atom is -0.331 e.